The Kier molecular flexibility index (Phi) is 15.6. The largest absolute Gasteiger partial charge is 0.322 e. The van der Waals surface area contributed by atoms with E-state index < -0.39 is 50.5 Å². The highest BCUT2D eigenvalue weighted by Crippen LogP contribution is 2.48. The van der Waals surface area contributed by atoms with Crippen molar-refractivity contribution in [3.05, 3.63) is 71.8 Å². The Hall–Kier alpha value is -3.42. The van der Waals surface area contributed by atoms with Crippen molar-refractivity contribution in [1.29, 1.82) is 0 Å². The van der Waals surface area contributed by atoms with Crippen molar-refractivity contribution in [3.8, 4) is 0 Å². The molecule has 11 nitrogen and oxygen atoms in total. The molecule has 0 fully saturated rings. The number of carbonyl (C=O) groups excluding carboxylic acids is 3. The Morgan fingerprint density at radius 1 is 1.00 bits per heavy atom. The van der Waals surface area contributed by atoms with Crippen LogP contribution in [0.15, 0.2) is 65.6 Å². The zero-order valence-electron chi connectivity index (χ0n) is 26.2. The lowest BCUT2D eigenvalue weighted by atomic mass is 9.59. The Bertz CT molecular complexity index is 1350. The average Bonchev–Trinajstić information content (AvgIpc) is 2.98. The Morgan fingerprint density at radius 3 is 2.02 bits per heavy atom. The van der Waals surface area contributed by atoms with E-state index in [2.05, 4.69) is 5.43 Å². The summed E-state index contributed by atoms with van der Waals surface area (Å²) >= 11 is 0. The molecule has 0 bridgehead atoms. The number of allylic oxidation sites excluding steroid dienone is 1. The molecule has 8 N–H and O–H groups in total. The first-order valence-electron chi connectivity index (χ1n) is 14.6. The lowest BCUT2D eigenvalue weighted by Gasteiger charge is -2.43. The zero-order chi connectivity index (χ0) is 33.6. The van der Waals surface area contributed by atoms with Crippen LogP contribution in [0.4, 0.5) is 0 Å². The molecular weight excluding hydrogens is 584 g/mol. The minimum atomic E-state index is -4.02. The van der Waals surface area contributed by atoms with Gasteiger partial charge in [0.25, 0.3) is 10.1 Å². The Morgan fingerprint density at radius 2 is 1.57 bits per heavy atom. The van der Waals surface area contributed by atoms with E-state index in [1.54, 1.807) is 24.5 Å². The normalized spacial score (nSPS) is 15.6. The van der Waals surface area contributed by atoms with E-state index in [0.717, 1.165) is 11.1 Å². The van der Waals surface area contributed by atoms with Gasteiger partial charge in [0.15, 0.2) is 5.78 Å². The molecule has 2 aromatic rings. The molecule has 2 rings (SSSR count). The summed E-state index contributed by atoms with van der Waals surface area (Å²) in [6, 6.07) is 14.8. The molecule has 244 valence electrons. The summed E-state index contributed by atoms with van der Waals surface area (Å²) < 4.78 is 29.6. The van der Waals surface area contributed by atoms with Gasteiger partial charge in [-0.3, -0.25) is 29.6 Å². The number of hydrazine groups is 1. The van der Waals surface area contributed by atoms with Crippen molar-refractivity contribution in [1.82, 2.24) is 10.9 Å². The van der Waals surface area contributed by atoms with Crippen LogP contribution in [0.1, 0.15) is 77.3 Å². The number of hydrogen-bond donors (Lipinski definition) is 6. The predicted molar refractivity (Wildman–Crippen MR) is 170 cm³/mol. The van der Waals surface area contributed by atoms with E-state index in [0.29, 0.717) is 25.7 Å². The van der Waals surface area contributed by atoms with Gasteiger partial charge in [-0.15, -0.1) is 0 Å². The van der Waals surface area contributed by atoms with Gasteiger partial charge in [0, 0.05) is 5.92 Å². The molecule has 0 saturated carbocycles. The van der Waals surface area contributed by atoms with Crippen LogP contribution in [-0.4, -0.2) is 41.8 Å². The van der Waals surface area contributed by atoms with Gasteiger partial charge in [0.2, 0.25) is 11.8 Å². The number of aryl methyl sites for hydroxylation is 1. The van der Waals surface area contributed by atoms with E-state index in [9.17, 15) is 28.0 Å². The van der Waals surface area contributed by atoms with Gasteiger partial charge in [-0.1, -0.05) is 93.8 Å². The van der Waals surface area contributed by atoms with Gasteiger partial charge < -0.3 is 5.73 Å². The van der Waals surface area contributed by atoms with E-state index in [1.807, 2.05) is 70.2 Å². The van der Waals surface area contributed by atoms with Crippen LogP contribution in [0, 0.1) is 23.7 Å². The fourth-order valence-electron chi connectivity index (χ4n) is 5.65. The molecule has 12 heteroatoms. The number of ketones is 1. The SMILES string of the molecule is CCCC(C[C@](C)(CCC)[C@H](C/C=C/c1ccccc1)C(=O)NO)(C(=O)NN)C(=O)[C@@H](C)N.Cc1ccc(S(=O)(=O)O)cc1. The van der Waals surface area contributed by atoms with Gasteiger partial charge in [0.1, 0.15) is 5.41 Å². The number of nitrogens with one attached hydrogen (secondary N) is 2. The first-order chi connectivity index (χ1) is 20.6. The van der Waals surface area contributed by atoms with Crippen molar-refractivity contribution in [2.45, 2.75) is 84.1 Å². The lowest BCUT2D eigenvalue weighted by molar-refractivity contribution is -0.150. The minimum Gasteiger partial charge on any atom is -0.322 e. The molecule has 0 aliphatic heterocycles. The molecule has 1 unspecified atom stereocenters. The maximum atomic E-state index is 13.3. The van der Waals surface area contributed by atoms with Crippen molar-refractivity contribution < 1.29 is 32.6 Å². The molecule has 0 saturated heterocycles. The quantitative estimate of drug-likeness (QED) is 0.0412. The highest BCUT2D eigenvalue weighted by molar-refractivity contribution is 7.85. The second-order valence-electron chi connectivity index (χ2n) is 11.4. The summed E-state index contributed by atoms with van der Waals surface area (Å²) in [4.78, 5) is 39.1. The van der Waals surface area contributed by atoms with Crippen LogP contribution >= 0.6 is 0 Å². The zero-order valence-corrected chi connectivity index (χ0v) is 27.1. The predicted octanol–water partition coefficient (Wildman–Crippen LogP) is 4.34. The molecule has 2 aromatic carbocycles. The highest BCUT2D eigenvalue weighted by atomic mass is 32.2. The number of hydrogen-bond acceptors (Lipinski definition) is 8. The van der Waals surface area contributed by atoms with E-state index in [4.69, 9.17) is 16.1 Å². The highest BCUT2D eigenvalue weighted by Gasteiger charge is 2.52. The number of benzene rings is 2. The summed E-state index contributed by atoms with van der Waals surface area (Å²) in [6.45, 7) is 9.13. The van der Waals surface area contributed by atoms with Crippen LogP contribution in [0.5, 0.6) is 0 Å². The van der Waals surface area contributed by atoms with Crippen molar-refractivity contribution >= 4 is 33.8 Å². The summed E-state index contributed by atoms with van der Waals surface area (Å²) in [7, 11) is -4.02. The third-order valence-corrected chi connectivity index (χ3v) is 8.59. The monoisotopic (exact) mass is 632 g/mol. The molecular formula is C32H48N4O7S. The van der Waals surface area contributed by atoms with E-state index >= 15 is 0 Å². The summed E-state index contributed by atoms with van der Waals surface area (Å²) in [5.74, 6) is 3.25. The fourth-order valence-corrected chi connectivity index (χ4v) is 6.13. The van der Waals surface area contributed by atoms with Gasteiger partial charge >= 0.3 is 0 Å². The fraction of sp³-hybridized carbons (Fsp3) is 0.469. The smallest absolute Gasteiger partial charge is 0.294 e. The third-order valence-electron chi connectivity index (χ3n) is 7.72. The summed E-state index contributed by atoms with van der Waals surface area (Å²) in [5.41, 5.74) is 9.55. The number of carbonyl (C=O) groups is 3. The first kappa shape index (κ1) is 38.6. The van der Waals surface area contributed by atoms with Crippen molar-refractivity contribution in [2.75, 3.05) is 0 Å². The van der Waals surface area contributed by atoms with Gasteiger partial charge in [-0.05, 0) is 62.6 Å². The molecule has 0 aliphatic rings. The number of amides is 2. The van der Waals surface area contributed by atoms with E-state index in [-0.39, 0.29) is 17.7 Å². The second-order valence-corrected chi connectivity index (χ2v) is 12.8. The number of rotatable bonds is 15. The molecule has 4 atom stereocenters. The average molecular weight is 633 g/mol. The molecule has 0 aromatic heterocycles. The summed E-state index contributed by atoms with van der Waals surface area (Å²) in [6.07, 6.45) is 6.26. The van der Waals surface area contributed by atoms with Crippen LogP contribution in [-0.2, 0) is 24.5 Å². The van der Waals surface area contributed by atoms with Crippen LogP contribution < -0.4 is 22.5 Å². The Labute approximate surface area is 261 Å². The molecule has 44 heavy (non-hydrogen) atoms. The molecule has 0 heterocycles. The van der Waals surface area contributed by atoms with Crippen LogP contribution in [0.2, 0.25) is 0 Å². The lowest BCUT2D eigenvalue weighted by Crippen LogP contribution is -2.56. The standard InChI is InChI=1S/C25H40N4O4.C7H8O3S/c1-5-15-24(4,17-25(16-6-2,23(32)28-27)21(30)18(3)26)20(22(31)29-33)14-10-13-19-11-8-7-9-12-19;1-6-2-4-7(5-3-6)11(8,9)10/h7-13,18,20,33H,5-6,14-17,26-27H2,1-4H3,(H,28,32)(H,29,31);2-5H,1H3,(H,8,9,10)/b13-10+;/t18-,20-,24+,25?;/m1./s1. The number of Topliss-reactive ketones (excluding diaryl/α,β-unsaturated/α-hetero) is 1. The third kappa shape index (κ3) is 10.9. The van der Waals surface area contributed by atoms with E-state index in [1.165, 1.54) is 12.1 Å². The van der Waals surface area contributed by atoms with Gasteiger partial charge in [-0.25, -0.2) is 11.3 Å². The second kappa shape index (κ2) is 17.8. The maximum Gasteiger partial charge on any atom is 0.294 e. The number of nitrogens with two attached hydrogens (primary N) is 2. The first-order valence-corrected chi connectivity index (χ1v) is 16.1. The maximum absolute atomic E-state index is 13.3. The summed E-state index contributed by atoms with van der Waals surface area (Å²) in [5, 5.41) is 9.50. The number of hydroxylamine groups is 1. The van der Waals surface area contributed by atoms with Gasteiger partial charge in [-0.2, -0.15) is 8.42 Å². The van der Waals surface area contributed by atoms with Crippen molar-refractivity contribution in [2.24, 2.45) is 28.3 Å². The minimum absolute atomic E-state index is 0.0666. The molecule has 0 radical (unpaired) electrons. The molecule has 0 spiro atoms. The molecule has 2 amide bonds. The molecule has 0 aliphatic carbocycles. The Balaban J connectivity index is 0.000000733. The van der Waals surface area contributed by atoms with Crippen molar-refractivity contribution in [3.63, 3.8) is 0 Å². The van der Waals surface area contributed by atoms with Gasteiger partial charge in [0.05, 0.1) is 10.9 Å². The van der Waals surface area contributed by atoms with Crippen LogP contribution in [0.3, 0.4) is 0 Å². The topological polar surface area (TPSA) is 202 Å². The van der Waals surface area contributed by atoms with Crippen LogP contribution in [0.25, 0.3) is 6.08 Å².